The number of hydrogen-bond donors (Lipinski definition) is 0. The Labute approximate surface area is 109 Å². The fourth-order valence-corrected chi connectivity index (χ4v) is 3.82. The van der Waals surface area contributed by atoms with Crippen molar-refractivity contribution in [2.24, 2.45) is 0 Å². The molecule has 0 bridgehead atoms. The first-order valence-corrected chi connectivity index (χ1v) is 7.56. The van der Waals surface area contributed by atoms with E-state index in [2.05, 4.69) is 18.8 Å². The summed E-state index contributed by atoms with van der Waals surface area (Å²) in [7, 11) is 2.95. The Kier molecular flexibility index (Phi) is 4.22. The summed E-state index contributed by atoms with van der Waals surface area (Å²) < 4.78 is 10.9. The van der Waals surface area contributed by atoms with E-state index in [0.717, 1.165) is 11.5 Å². The van der Waals surface area contributed by atoms with Crippen molar-refractivity contribution in [3.05, 3.63) is 48.5 Å². The van der Waals surface area contributed by atoms with Gasteiger partial charge in [0.25, 0.3) is 0 Å². The predicted octanol–water partition coefficient (Wildman–Crippen LogP) is 2.77. The maximum atomic E-state index is 5.44. The highest BCUT2D eigenvalue weighted by Gasteiger charge is 2.15. The summed E-state index contributed by atoms with van der Waals surface area (Å²) in [6.45, 7) is 2.23. The van der Waals surface area contributed by atoms with Crippen LogP contribution in [0.5, 0.6) is 11.5 Å². The van der Waals surface area contributed by atoms with Crippen LogP contribution in [0.4, 0.5) is 0 Å². The molecule has 0 amide bonds. The summed E-state index contributed by atoms with van der Waals surface area (Å²) in [6.07, 6.45) is 0. The second-order valence-electron chi connectivity index (χ2n) is 3.90. The second kappa shape index (κ2) is 5.88. The third-order valence-corrected chi connectivity index (χ3v) is 5.08. The van der Waals surface area contributed by atoms with Gasteiger partial charge in [0, 0.05) is 10.6 Å². The third-order valence-electron chi connectivity index (χ3n) is 2.89. The molecule has 18 heavy (non-hydrogen) atoms. The quantitative estimate of drug-likeness (QED) is 0.787. The molecular weight excluding hydrogens is 243 g/mol. The van der Waals surface area contributed by atoms with Crippen molar-refractivity contribution in [3.8, 4) is 11.5 Å². The molecule has 0 fully saturated rings. The first kappa shape index (κ1) is 12.9. The van der Waals surface area contributed by atoms with Crippen LogP contribution in [0.3, 0.4) is 0 Å². The Morgan fingerprint density at radius 1 is 0.722 bits per heavy atom. The number of ether oxygens (including phenoxy) is 2. The van der Waals surface area contributed by atoms with Gasteiger partial charge in [-0.1, -0.05) is 36.4 Å². The largest absolute Gasteiger partial charge is 0.496 e. The van der Waals surface area contributed by atoms with Gasteiger partial charge >= 0.3 is 0 Å². The predicted molar refractivity (Wildman–Crippen MR) is 78.1 cm³/mol. The molecule has 0 aliphatic heterocycles. The van der Waals surface area contributed by atoms with Gasteiger partial charge in [-0.15, -0.1) is 0 Å². The summed E-state index contributed by atoms with van der Waals surface area (Å²) in [4.78, 5) is 0. The van der Waals surface area contributed by atoms with E-state index in [-0.39, 0.29) is 0 Å². The van der Waals surface area contributed by atoms with Crippen LogP contribution in [0, 0.1) is 0 Å². The molecule has 94 valence electrons. The molecule has 0 N–H and O–H groups in total. The molecule has 0 saturated heterocycles. The summed E-state index contributed by atoms with van der Waals surface area (Å²) in [6, 6.07) is 16.3. The maximum absolute atomic E-state index is 5.44. The molecule has 0 saturated carbocycles. The average molecular weight is 260 g/mol. The molecule has 2 aromatic carbocycles. The molecule has 2 aromatic rings. The Morgan fingerprint density at radius 2 is 1.11 bits per heavy atom. The van der Waals surface area contributed by atoms with Crippen molar-refractivity contribution in [1.82, 2.24) is 0 Å². The number of methoxy groups -OCH3 is 2. The minimum Gasteiger partial charge on any atom is -0.496 e. The minimum absolute atomic E-state index is 0.474. The number of rotatable bonds is 4. The topological polar surface area (TPSA) is 18.5 Å². The van der Waals surface area contributed by atoms with Gasteiger partial charge in [-0.3, -0.25) is 0 Å². The van der Waals surface area contributed by atoms with Crippen LogP contribution in [-0.4, -0.2) is 20.9 Å². The van der Waals surface area contributed by atoms with Gasteiger partial charge in [0.1, 0.15) is 11.5 Å². The molecule has 0 unspecified atom stereocenters. The van der Waals surface area contributed by atoms with E-state index in [1.54, 1.807) is 14.2 Å². The maximum Gasteiger partial charge on any atom is 0.126 e. The van der Waals surface area contributed by atoms with E-state index < -0.39 is 7.92 Å². The molecule has 0 aliphatic rings. The van der Waals surface area contributed by atoms with Crippen LogP contribution in [0.1, 0.15) is 0 Å². The van der Waals surface area contributed by atoms with Crippen LogP contribution in [-0.2, 0) is 0 Å². The van der Waals surface area contributed by atoms with Crippen molar-refractivity contribution in [1.29, 1.82) is 0 Å². The van der Waals surface area contributed by atoms with Crippen molar-refractivity contribution in [2.75, 3.05) is 20.9 Å². The van der Waals surface area contributed by atoms with E-state index >= 15 is 0 Å². The highest BCUT2D eigenvalue weighted by Crippen LogP contribution is 2.36. The van der Waals surface area contributed by atoms with Crippen LogP contribution in [0.2, 0.25) is 0 Å². The van der Waals surface area contributed by atoms with E-state index in [0.29, 0.717) is 0 Å². The van der Waals surface area contributed by atoms with Gasteiger partial charge < -0.3 is 9.47 Å². The molecule has 0 aliphatic carbocycles. The smallest absolute Gasteiger partial charge is 0.126 e. The van der Waals surface area contributed by atoms with Gasteiger partial charge in [-0.05, 0) is 26.7 Å². The fraction of sp³-hybridized carbons (Fsp3) is 0.200. The zero-order chi connectivity index (χ0) is 13.0. The van der Waals surface area contributed by atoms with Gasteiger partial charge in [0.2, 0.25) is 0 Å². The normalized spacial score (nSPS) is 10.4. The van der Waals surface area contributed by atoms with Gasteiger partial charge in [0.05, 0.1) is 14.2 Å². The number of para-hydroxylation sites is 2. The molecule has 0 spiro atoms. The van der Waals surface area contributed by atoms with Crippen molar-refractivity contribution in [3.63, 3.8) is 0 Å². The molecular formula is C15H17O2P. The highest BCUT2D eigenvalue weighted by atomic mass is 31.1. The van der Waals surface area contributed by atoms with E-state index in [4.69, 9.17) is 9.47 Å². The van der Waals surface area contributed by atoms with Crippen LogP contribution >= 0.6 is 7.92 Å². The van der Waals surface area contributed by atoms with Crippen molar-refractivity contribution >= 4 is 18.5 Å². The number of benzene rings is 2. The monoisotopic (exact) mass is 260 g/mol. The Balaban J connectivity index is 2.44. The Bertz CT molecular complexity index is 478. The van der Waals surface area contributed by atoms with Crippen molar-refractivity contribution < 1.29 is 9.47 Å². The molecule has 0 radical (unpaired) electrons. The van der Waals surface area contributed by atoms with E-state index in [1.807, 2.05) is 36.4 Å². The standard InChI is InChI=1S/C15H17O2P/c1-16-12-8-4-6-10-14(12)18(3)15-11-7-5-9-13(15)17-2/h4-11H,1-3H3. The summed E-state index contributed by atoms with van der Waals surface area (Å²) in [5.41, 5.74) is 0. The van der Waals surface area contributed by atoms with Crippen LogP contribution < -0.4 is 20.1 Å². The summed E-state index contributed by atoms with van der Waals surface area (Å²) in [5, 5.41) is 2.47. The molecule has 3 heteroatoms. The molecule has 0 atom stereocenters. The van der Waals surface area contributed by atoms with Gasteiger partial charge in [0.15, 0.2) is 0 Å². The first-order valence-electron chi connectivity index (χ1n) is 5.77. The average Bonchev–Trinajstić information content (AvgIpc) is 2.46. The lowest BCUT2D eigenvalue weighted by Gasteiger charge is -2.18. The molecule has 2 rings (SSSR count). The van der Waals surface area contributed by atoms with Crippen molar-refractivity contribution in [2.45, 2.75) is 0 Å². The van der Waals surface area contributed by atoms with E-state index in [1.165, 1.54) is 10.6 Å². The van der Waals surface area contributed by atoms with Crippen LogP contribution in [0.15, 0.2) is 48.5 Å². The highest BCUT2D eigenvalue weighted by molar-refractivity contribution is 7.72. The Morgan fingerprint density at radius 3 is 1.50 bits per heavy atom. The Hall–Kier alpha value is -1.53. The van der Waals surface area contributed by atoms with E-state index in [9.17, 15) is 0 Å². The third kappa shape index (κ3) is 2.49. The lowest BCUT2D eigenvalue weighted by atomic mass is 10.3. The van der Waals surface area contributed by atoms with Gasteiger partial charge in [-0.25, -0.2) is 0 Å². The number of hydrogen-bond acceptors (Lipinski definition) is 2. The second-order valence-corrected chi connectivity index (χ2v) is 5.98. The first-order chi connectivity index (χ1) is 8.77. The summed E-state index contributed by atoms with van der Waals surface area (Å²) >= 11 is 0. The SMILES string of the molecule is COc1ccccc1P(C)c1ccccc1OC. The zero-order valence-electron chi connectivity index (χ0n) is 10.9. The lowest BCUT2D eigenvalue weighted by molar-refractivity contribution is 0.417. The lowest BCUT2D eigenvalue weighted by Crippen LogP contribution is -2.14. The van der Waals surface area contributed by atoms with Crippen LogP contribution in [0.25, 0.3) is 0 Å². The zero-order valence-corrected chi connectivity index (χ0v) is 11.8. The molecule has 2 nitrogen and oxygen atoms in total. The molecule has 0 aromatic heterocycles. The summed E-state index contributed by atoms with van der Waals surface area (Å²) in [5.74, 6) is 1.88. The van der Waals surface area contributed by atoms with Gasteiger partial charge in [-0.2, -0.15) is 0 Å². The fourth-order valence-electron chi connectivity index (χ4n) is 1.94. The molecule has 0 heterocycles. The minimum atomic E-state index is -0.474.